The highest BCUT2D eigenvalue weighted by atomic mass is 16.5. The molecule has 0 aliphatic rings. The average Bonchev–Trinajstić information content (AvgIpc) is 2.56. The molecule has 2 unspecified atom stereocenters. The van der Waals surface area contributed by atoms with Crippen molar-refractivity contribution in [2.45, 2.75) is 32.3 Å². The predicted octanol–water partition coefficient (Wildman–Crippen LogP) is 1.61. The number of methoxy groups -OCH3 is 1. The number of ether oxygens (including phenoxy) is 2. The zero-order valence-corrected chi connectivity index (χ0v) is 10.4. The van der Waals surface area contributed by atoms with Crippen molar-refractivity contribution in [1.82, 2.24) is 5.32 Å². The van der Waals surface area contributed by atoms with Gasteiger partial charge in [-0.3, -0.25) is 0 Å². The van der Waals surface area contributed by atoms with Crippen molar-refractivity contribution < 1.29 is 32.4 Å². The Labute approximate surface area is 134 Å². The monoisotopic (exact) mass is 280 g/mol. The van der Waals surface area contributed by atoms with Crippen LogP contribution >= 0.6 is 0 Å². The van der Waals surface area contributed by atoms with E-state index < -0.39 is 52.0 Å². The van der Waals surface area contributed by atoms with E-state index in [1.807, 2.05) is 0 Å². The Kier molecular flexibility index (Phi) is 2.51. The largest absolute Gasteiger partial charge is 0.491 e. The minimum atomic E-state index is -3.22. The van der Waals surface area contributed by atoms with Crippen molar-refractivity contribution >= 4 is 0 Å². The second-order valence-corrected chi connectivity index (χ2v) is 3.60. The van der Waals surface area contributed by atoms with Gasteiger partial charge in [-0.1, -0.05) is 25.9 Å². The third-order valence-corrected chi connectivity index (χ3v) is 1.97. The van der Waals surface area contributed by atoms with Crippen LogP contribution in [-0.2, 0) is 11.1 Å². The topological polar surface area (TPSA) is 50.7 Å². The molecule has 4 nitrogen and oxygen atoms in total. The molecule has 1 aromatic rings. The Morgan fingerprint density at radius 1 is 1.47 bits per heavy atom. The fourth-order valence-corrected chi connectivity index (χ4v) is 1.12. The van der Waals surface area contributed by atoms with Gasteiger partial charge in [-0.15, -0.1) is 0 Å². The lowest BCUT2D eigenvalue weighted by molar-refractivity contribution is 0.104. The van der Waals surface area contributed by atoms with Gasteiger partial charge in [0.1, 0.15) is 18.4 Å². The third kappa shape index (κ3) is 7.15. The Hall–Kier alpha value is -1.10. The van der Waals surface area contributed by atoms with Crippen LogP contribution in [0.4, 0.5) is 0 Å². The number of rotatable bonds is 9. The number of hydrogen-bond donors (Lipinski definition) is 2. The highest BCUT2D eigenvalue weighted by molar-refractivity contribution is 5.27. The van der Waals surface area contributed by atoms with Gasteiger partial charge >= 0.3 is 0 Å². The van der Waals surface area contributed by atoms with E-state index in [-0.39, 0.29) is 11.3 Å². The smallest absolute Gasteiger partial charge is 0.119 e. The van der Waals surface area contributed by atoms with Crippen LogP contribution in [0.5, 0.6) is 5.75 Å². The first kappa shape index (κ1) is 5.35. The Balaban J connectivity index is 2.92. The predicted molar refractivity (Wildman–Crippen MR) is 76.7 cm³/mol. The highest BCUT2D eigenvalue weighted by Crippen LogP contribution is 2.12. The van der Waals surface area contributed by atoms with Crippen LogP contribution in [0.25, 0.3) is 0 Å². The maximum atomic E-state index is 10.1. The standard InChI is InChI=1S/C15H25NO3/c1-12(2)16-10-14(17)11-19-15-6-4-13(5-7-15)8-9-18-3/h4-7,12,14,16-17H,8-11H2,1-3H3/i1D3,3D3,8D2,9D2,11D2,12D. The van der Waals surface area contributed by atoms with E-state index in [0.717, 1.165) is 31.2 Å². The molecule has 4 heteroatoms. The lowest BCUT2D eigenvalue weighted by Crippen LogP contribution is -2.35. The summed E-state index contributed by atoms with van der Waals surface area (Å²) in [6, 6.07) is 2.08. The van der Waals surface area contributed by atoms with Gasteiger partial charge in [0.25, 0.3) is 0 Å². The molecular formula is C15H25NO3. The third-order valence-electron chi connectivity index (χ3n) is 1.97. The molecule has 0 saturated carbocycles. The normalized spacial score (nSPS) is 29.5. The molecule has 0 fully saturated rings. The van der Waals surface area contributed by atoms with Crippen molar-refractivity contribution in [2.24, 2.45) is 0 Å². The van der Waals surface area contributed by atoms with Gasteiger partial charge in [0.2, 0.25) is 0 Å². The fraction of sp³-hybridized carbons (Fsp3) is 0.600. The van der Waals surface area contributed by atoms with Crippen LogP contribution in [0.2, 0.25) is 0 Å². The van der Waals surface area contributed by atoms with E-state index in [2.05, 4.69) is 10.1 Å². The second-order valence-electron chi connectivity index (χ2n) is 3.60. The summed E-state index contributed by atoms with van der Waals surface area (Å²) in [5, 5.41) is 12.3. The molecule has 2 N–H and O–H groups in total. The van der Waals surface area contributed by atoms with Gasteiger partial charge in [0.05, 0.1) is 16.2 Å². The molecule has 108 valence electrons. The molecule has 0 spiro atoms. The second kappa shape index (κ2) is 8.91. The van der Waals surface area contributed by atoms with Crippen LogP contribution in [0.1, 0.15) is 37.2 Å². The maximum Gasteiger partial charge on any atom is 0.119 e. The van der Waals surface area contributed by atoms with E-state index >= 15 is 0 Å². The van der Waals surface area contributed by atoms with Crippen LogP contribution in [-0.4, -0.2) is 43.9 Å². The van der Waals surface area contributed by atoms with Gasteiger partial charge < -0.3 is 19.9 Å². The van der Waals surface area contributed by atoms with Crippen LogP contribution < -0.4 is 10.1 Å². The zero-order chi connectivity index (χ0) is 25.4. The molecular weight excluding hydrogens is 242 g/mol. The molecule has 0 aliphatic carbocycles. The van der Waals surface area contributed by atoms with Gasteiger partial charge in [0.15, 0.2) is 0 Å². The first-order valence-corrected chi connectivity index (χ1v) is 5.45. The van der Waals surface area contributed by atoms with E-state index in [4.69, 9.17) is 22.6 Å². The summed E-state index contributed by atoms with van der Waals surface area (Å²) in [5.41, 5.74) is -0.315. The lowest BCUT2D eigenvalue weighted by atomic mass is 10.1. The lowest BCUT2D eigenvalue weighted by Gasteiger charge is -2.15. The molecule has 0 aliphatic heterocycles. The van der Waals surface area contributed by atoms with Crippen LogP contribution in [0, 0.1) is 0 Å². The summed E-state index contributed by atoms with van der Waals surface area (Å²) in [6.45, 7) is -8.27. The molecule has 0 bridgehead atoms. The summed E-state index contributed by atoms with van der Waals surface area (Å²) >= 11 is 0. The molecule has 1 rings (SSSR count). The number of benzene rings is 1. The summed E-state index contributed by atoms with van der Waals surface area (Å²) in [6.07, 6.45) is -4.78. The summed E-state index contributed by atoms with van der Waals surface area (Å²) in [7, 11) is -3.19. The maximum absolute atomic E-state index is 10.1. The van der Waals surface area contributed by atoms with Gasteiger partial charge in [0, 0.05) is 27.8 Å². The van der Waals surface area contributed by atoms with Crippen molar-refractivity contribution in [3.8, 4) is 5.75 Å². The Morgan fingerprint density at radius 3 is 2.95 bits per heavy atom. The number of aliphatic hydroxyl groups excluding tert-OH is 1. The average molecular weight is 280 g/mol. The Bertz CT molecular complexity index is 759. The quantitative estimate of drug-likeness (QED) is 0.721. The number of hydrogen-bond acceptors (Lipinski definition) is 4. The summed E-state index contributed by atoms with van der Waals surface area (Å²) in [5.74, 6) is -0.185. The fourth-order valence-electron chi connectivity index (χ4n) is 1.12. The number of aryl methyl sites for hydroxylation is 1. The van der Waals surface area contributed by atoms with Crippen LogP contribution in [0.3, 0.4) is 0 Å². The molecule has 19 heavy (non-hydrogen) atoms. The molecule has 2 atom stereocenters. The number of aliphatic hydroxyl groups is 1. The zero-order valence-electron chi connectivity index (χ0n) is 23.4. The van der Waals surface area contributed by atoms with Gasteiger partial charge in [-0.05, 0) is 24.1 Å². The van der Waals surface area contributed by atoms with E-state index in [9.17, 15) is 5.11 Å². The SMILES string of the molecule is [2H]C([2H])([2H])OC([2H])([2H])C([2H])([2H])c1ccc(OC([2H])([2H])C(O)CNC([2H])(C)C([2H])([2H])[2H])cc1. The summed E-state index contributed by atoms with van der Waals surface area (Å²) in [4.78, 5) is 0. The van der Waals surface area contributed by atoms with E-state index in [1.165, 1.54) is 0 Å². The minimum Gasteiger partial charge on any atom is -0.491 e. The highest BCUT2D eigenvalue weighted by Gasteiger charge is 2.05. The van der Waals surface area contributed by atoms with Crippen LogP contribution in [0.15, 0.2) is 24.3 Å². The molecule has 0 saturated heterocycles. The van der Waals surface area contributed by atoms with E-state index in [1.54, 1.807) is 0 Å². The molecule has 0 aromatic heterocycles. The number of nitrogens with one attached hydrogen (secondary N) is 1. The van der Waals surface area contributed by atoms with E-state index in [0.29, 0.717) is 0 Å². The minimum absolute atomic E-state index is 0.185. The van der Waals surface area contributed by atoms with Crippen molar-refractivity contribution in [1.29, 1.82) is 0 Å². The summed E-state index contributed by atoms with van der Waals surface area (Å²) < 4.78 is 107. The first-order valence-electron chi connectivity index (χ1n) is 11.9. The van der Waals surface area contributed by atoms with Crippen molar-refractivity contribution in [2.75, 3.05) is 26.7 Å². The Morgan fingerprint density at radius 2 is 2.26 bits per heavy atom. The molecule has 0 radical (unpaired) electrons. The molecule has 0 amide bonds. The van der Waals surface area contributed by atoms with Crippen molar-refractivity contribution in [3.63, 3.8) is 0 Å². The first-order chi connectivity index (χ1) is 14.0. The van der Waals surface area contributed by atoms with Gasteiger partial charge in [-0.25, -0.2) is 0 Å². The molecule has 0 heterocycles. The van der Waals surface area contributed by atoms with Gasteiger partial charge in [-0.2, -0.15) is 0 Å². The molecule has 1 aromatic carbocycles. The van der Waals surface area contributed by atoms with Crippen molar-refractivity contribution in [3.05, 3.63) is 29.8 Å².